The Labute approximate surface area is 129 Å². The van der Waals surface area contributed by atoms with Crippen LogP contribution in [0.5, 0.6) is 0 Å². The maximum atomic E-state index is 10.1. The van der Waals surface area contributed by atoms with Gasteiger partial charge in [-0.2, -0.15) is 0 Å². The van der Waals surface area contributed by atoms with Crippen molar-refractivity contribution in [2.75, 3.05) is 0 Å². The fourth-order valence-electron chi connectivity index (χ4n) is 7.34. The quantitative estimate of drug-likeness (QED) is 0.708. The molecule has 120 valence electrons. The number of quaternary nitrogens is 1. The molecule has 4 N–H and O–H groups in total. The number of hydrogen-bond acceptors (Lipinski definition) is 1. The molecule has 0 saturated heterocycles. The molecular weight excluding hydrogens is 258 g/mol. The summed E-state index contributed by atoms with van der Waals surface area (Å²) in [6.45, 7) is 5.14. The van der Waals surface area contributed by atoms with Crippen LogP contribution in [0.2, 0.25) is 0 Å². The van der Waals surface area contributed by atoms with Crippen LogP contribution in [0, 0.1) is 34.5 Å². The summed E-state index contributed by atoms with van der Waals surface area (Å²) in [6.07, 6.45) is 11.9. The van der Waals surface area contributed by atoms with Gasteiger partial charge in [0.25, 0.3) is 0 Å². The first-order chi connectivity index (χ1) is 9.95. The predicted octanol–water partition coefficient (Wildman–Crippen LogP) is 3.00. The van der Waals surface area contributed by atoms with Crippen molar-refractivity contribution in [3.63, 3.8) is 0 Å². The van der Waals surface area contributed by atoms with Crippen LogP contribution < -0.4 is 5.73 Å². The molecule has 4 fully saturated rings. The Hall–Kier alpha value is -0.0800. The summed E-state index contributed by atoms with van der Waals surface area (Å²) in [7, 11) is 0. The summed E-state index contributed by atoms with van der Waals surface area (Å²) >= 11 is 0. The first-order valence-electron chi connectivity index (χ1n) is 9.46. The van der Waals surface area contributed by atoms with Gasteiger partial charge in [-0.05, 0) is 80.5 Å². The zero-order valence-corrected chi connectivity index (χ0v) is 14.0. The molecule has 0 aliphatic heterocycles. The van der Waals surface area contributed by atoms with Crippen LogP contribution in [0.25, 0.3) is 0 Å². The third kappa shape index (κ3) is 1.91. The Balaban J connectivity index is 1.62. The minimum atomic E-state index is -0.0100. The average Bonchev–Trinajstić information content (AvgIpc) is 2.76. The van der Waals surface area contributed by atoms with Crippen LogP contribution in [0.1, 0.15) is 71.6 Å². The molecule has 0 unspecified atom stereocenters. The lowest BCUT2D eigenvalue weighted by Crippen LogP contribution is -2.68. The second-order valence-electron chi connectivity index (χ2n) is 9.40. The van der Waals surface area contributed by atoms with Crippen molar-refractivity contribution in [1.82, 2.24) is 0 Å². The highest BCUT2D eigenvalue weighted by Crippen LogP contribution is 2.65. The van der Waals surface area contributed by atoms with Gasteiger partial charge in [0.05, 0.1) is 12.1 Å². The molecule has 4 aliphatic rings. The summed E-state index contributed by atoms with van der Waals surface area (Å²) in [4.78, 5) is 0. The molecule has 0 spiro atoms. The van der Waals surface area contributed by atoms with Crippen molar-refractivity contribution in [3.8, 4) is 0 Å². The van der Waals surface area contributed by atoms with Crippen molar-refractivity contribution in [1.29, 1.82) is 0 Å². The van der Waals surface area contributed by atoms with Crippen molar-refractivity contribution in [2.24, 2.45) is 34.5 Å². The van der Waals surface area contributed by atoms with Crippen LogP contribution in [0.4, 0.5) is 0 Å². The highest BCUT2D eigenvalue weighted by molar-refractivity contribution is 5.09. The second-order valence-corrected chi connectivity index (χ2v) is 9.40. The number of hydrogen-bond donors (Lipinski definition) is 2. The molecule has 0 aromatic carbocycles. The Morgan fingerprint density at radius 3 is 2.38 bits per heavy atom. The second kappa shape index (κ2) is 4.71. The average molecular weight is 292 g/mol. The third-order valence-electron chi connectivity index (χ3n) is 8.83. The molecule has 0 amide bonds. The van der Waals surface area contributed by atoms with E-state index in [1.54, 1.807) is 0 Å². The lowest BCUT2D eigenvalue weighted by atomic mass is 9.45. The van der Waals surface area contributed by atoms with E-state index in [1.165, 1.54) is 44.9 Å². The summed E-state index contributed by atoms with van der Waals surface area (Å²) in [5.74, 6) is 3.64. The Morgan fingerprint density at radius 1 is 0.857 bits per heavy atom. The molecule has 0 radical (unpaired) electrons. The maximum Gasteiger partial charge on any atom is 0.0900 e. The zero-order chi connectivity index (χ0) is 14.8. The van der Waals surface area contributed by atoms with Gasteiger partial charge in [-0.1, -0.05) is 13.8 Å². The summed E-state index contributed by atoms with van der Waals surface area (Å²) < 4.78 is 0. The van der Waals surface area contributed by atoms with Gasteiger partial charge >= 0.3 is 0 Å². The van der Waals surface area contributed by atoms with Gasteiger partial charge in [0, 0.05) is 11.8 Å². The Kier molecular flexibility index (Phi) is 3.25. The van der Waals surface area contributed by atoms with Gasteiger partial charge in [0.2, 0.25) is 0 Å². The van der Waals surface area contributed by atoms with Gasteiger partial charge in [-0.3, -0.25) is 0 Å². The summed E-state index contributed by atoms with van der Waals surface area (Å²) in [6, 6.07) is 0.696. The topological polar surface area (TPSA) is 47.9 Å². The van der Waals surface area contributed by atoms with Gasteiger partial charge in [-0.25, -0.2) is 0 Å². The number of rotatable bonds is 0. The fraction of sp³-hybridized carbons (Fsp3) is 1.00. The standard InChI is InChI=1S/C19H33NO/c1-18-9-7-13(21)11-12(18)3-4-14-15-5-6-17(20)19(15,2)10-8-16(14)18/h12-17,21H,3-11,20H2,1-2H3/p+1/t12-,13+,14-,15+,16-,17-,18-,19-/m0/s1. The van der Waals surface area contributed by atoms with Crippen molar-refractivity contribution < 1.29 is 10.8 Å². The molecular formula is C19H34NO+. The fourth-order valence-corrected chi connectivity index (χ4v) is 7.34. The van der Waals surface area contributed by atoms with Gasteiger partial charge < -0.3 is 10.8 Å². The predicted molar refractivity (Wildman–Crippen MR) is 84.4 cm³/mol. The zero-order valence-electron chi connectivity index (χ0n) is 14.0. The van der Waals surface area contributed by atoms with E-state index >= 15 is 0 Å². The van der Waals surface area contributed by atoms with E-state index in [9.17, 15) is 5.11 Å². The first-order valence-corrected chi connectivity index (χ1v) is 9.46. The molecule has 8 atom stereocenters. The van der Waals surface area contributed by atoms with Crippen molar-refractivity contribution in [2.45, 2.75) is 83.8 Å². The Morgan fingerprint density at radius 2 is 1.57 bits per heavy atom. The maximum absolute atomic E-state index is 10.1. The number of fused-ring (bicyclic) bond motifs is 5. The van der Waals surface area contributed by atoms with Crippen molar-refractivity contribution >= 4 is 0 Å². The van der Waals surface area contributed by atoms with Crippen LogP contribution >= 0.6 is 0 Å². The lowest BCUT2D eigenvalue weighted by molar-refractivity contribution is -0.445. The summed E-state index contributed by atoms with van der Waals surface area (Å²) in [5.41, 5.74) is 5.58. The molecule has 0 aromatic rings. The molecule has 4 saturated carbocycles. The molecule has 2 nitrogen and oxygen atoms in total. The molecule has 21 heavy (non-hydrogen) atoms. The normalized spacial score (nSPS) is 60.0. The largest absolute Gasteiger partial charge is 0.393 e. The van der Waals surface area contributed by atoms with Crippen LogP contribution in [-0.2, 0) is 0 Å². The minimum absolute atomic E-state index is 0.0100. The van der Waals surface area contributed by atoms with E-state index in [1.807, 2.05) is 0 Å². The van der Waals surface area contributed by atoms with E-state index in [0.717, 1.165) is 36.5 Å². The van der Waals surface area contributed by atoms with Crippen LogP contribution in [-0.4, -0.2) is 17.3 Å². The number of aliphatic hydroxyl groups excluding tert-OH is 1. The highest BCUT2D eigenvalue weighted by Gasteiger charge is 2.60. The summed E-state index contributed by atoms with van der Waals surface area (Å²) in [5, 5.41) is 10.1. The van der Waals surface area contributed by atoms with E-state index < -0.39 is 0 Å². The molecule has 4 rings (SSSR count). The third-order valence-corrected chi connectivity index (χ3v) is 8.83. The van der Waals surface area contributed by atoms with Gasteiger partial charge in [0.15, 0.2) is 0 Å². The van der Waals surface area contributed by atoms with E-state index in [0.29, 0.717) is 16.9 Å². The SMILES string of the molecule is C[C@]12CC[C@H]3[C@@H](CC[C@H]4C[C@H](O)CC[C@@]43C)[C@H]1CC[C@@H]2[NH3+]. The smallest absolute Gasteiger partial charge is 0.0900 e. The lowest BCUT2D eigenvalue weighted by Gasteiger charge is -2.60. The van der Waals surface area contributed by atoms with E-state index in [-0.39, 0.29) is 6.10 Å². The molecule has 2 heteroatoms. The van der Waals surface area contributed by atoms with Gasteiger partial charge in [0.1, 0.15) is 0 Å². The number of aliphatic hydroxyl groups is 1. The van der Waals surface area contributed by atoms with E-state index in [2.05, 4.69) is 19.6 Å². The molecule has 4 aliphatic carbocycles. The minimum Gasteiger partial charge on any atom is -0.393 e. The molecule has 0 heterocycles. The Bertz CT molecular complexity index is 424. The van der Waals surface area contributed by atoms with Crippen molar-refractivity contribution in [3.05, 3.63) is 0 Å². The van der Waals surface area contributed by atoms with Crippen LogP contribution in [0.15, 0.2) is 0 Å². The first kappa shape index (κ1) is 14.5. The monoisotopic (exact) mass is 292 g/mol. The van der Waals surface area contributed by atoms with Crippen LogP contribution in [0.3, 0.4) is 0 Å². The molecule has 0 bridgehead atoms. The van der Waals surface area contributed by atoms with E-state index in [4.69, 9.17) is 0 Å². The highest BCUT2D eigenvalue weighted by atomic mass is 16.3. The van der Waals surface area contributed by atoms with Gasteiger partial charge in [-0.15, -0.1) is 0 Å². The molecule has 0 aromatic heterocycles.